The van der Waals surface area contributed by atoms with E-state index in [9.17, 15) is 0 Å². The first-order chi connectivity index (χ1) is 9.49. The maximum atomic E-state index is 5.51. The molecule has 0 spiro atoms. The first-order valence-corrected chi connectivity index (χ1v) is 6.68. The highest BCUT2D eigenvalue weighted by Crippen LogP contribution is 2.28. The van der Waals surface area contributed by atoms with Crippen LogP contribution < -0.4 is 9.47 Å². The van der Waals surface area contributed by atoms with Gasteiger partial charge in [0.2, 0.25) is 0 Å². The fraction of sp³-hybridized carbons (Fsp3) is 0.533. The van der Waals surface area contributed by atoms with Crippen molar-refractivity contribution in [2.45, 2.75) is 13.5 Å². The highest BCUT2D eigenvalue weighted by molar-refractivity contribution is 5.79. The second kappa shape index (κ2) is 7.62. The minimum absolute atomic E-state index is 0.606. The zero-order valence-corrected chi connectivity index (χ0v) is 13.3. The maximum absolute atomic E-state index is 5.51. The third-order valence-electron chi connectivity index (χ3n) is 2.73. The molecule has 1 aromatic rings. The SMILES string of the molecule is CCOc1ccc(CN=C(N(C)C)N(C)C)cc1OC. The van der Waals surface area contributed by atoms with Gasteiger partial charge in [0.05, 0.1) is 20.3 Å². The van der Waals surface area contributed by atoms with E-state index in [-0.39, 0.29) is 0 Å². The molecule has 0 atom stereocenters. The molecule has 5 heteroatoms. The molecule has 0 bridgehead atoms. The second-order valence-electron chi connectivity index (χ2n) is 4.82. The van der Waals surface area contributed by atoms with Crippen LogP contribution in [0.1, 0.15) is 12.5 Å². The van der Waals surface area contributed by atoms with Gasteiger partial charge in [-0.3, -0.25) is 0 Å². The number of guanidine groups is 1. The predicted molar refractivity (Wildman–Crippen MR) is 82.7 cm³/mol. The van der Waals surface area contributed by atoms with Gasteiger partial charge in [0.15, 0.2) is 17.5 Å². The Morgan fingerprint density at radius 3 is 2.25 bits per heavy atom. The number of ether oxygens (including phenoxy) is 2. The van der Waals surface area contributed by atoms with Crippen molar-refractivity contribution in [2.24, 2.45) is 4.99 Å². The standard InChI is InChI=1S/C15H25N3O2/c1-7-20-13-9-8-12(10-14(13)19-6)11-16-15(17(2)3)18(4)5/h8-10H,7,11H2,1-6H3. The van der Waals surface area contributed by atoms with Crippen molar-refractivity contribution >= 4 is 5.96 Å². The van der Waals surface area contributed by atoms with Crippen LogP contribution in [0.2, 0.25) is 0 Å². The van der Waals surface area contributed by atoms with E-state index in [1.807, 2.05) is 63.1 Å². The topological polar surface area (TPSA) is 37.3 Å². The third-order valence-corrected chi connectivity index (χ3v) is 2.73. The quantitative estimate of drug-likeness (QED) is 0.611. The van der Waals surface area contributed by atoms with Gasteiger partial charge in [-0.25, -0.2) is 4.99 Å². The van der Waals surface area contributed by atoms with Gasteiger partial charge in [-0.2, -0.15) is 0 Å². The van der Waals surface area contributed by atoms with Gasteiger partial charge in [0, 0.05) is 28.2 Å². The van der Waals surface area contributed by atoms with E-state index in [0.717, 1.165) is 23.0 Å². The maximum Gasteiger partial charge on any atom is 0.195 e. The van der Waals surface area contributed by atoms with Crippen LogP contribution in [-0.4, -0.2) is 57.7 Å². The molecule has 0 aromatic heterocycles. The molecule has 5 nitrogen and oxygen atoms in total. The summed E-state index contributed by atoms with van der Waals surface area (Å²) < 4.78 is 10.9. The zero-order chi connectivity index (χ0) is 15.1. The molecule has 0 aliphatic carbocycles. The van der Waals surface area contributed by atoms with E-state index < -0.39 is 0 Å². The van der Waals surface area contributed by atoms with Crippen LogP contribution >= 0.6 is 0 Å². The largest absolute Gasteiger partial charge is 0.493 e. The lowest BCUT2D eigenvalue weighted by atomic mass is 10.2. The van der Waals surface area contributed by atoms with Crippen LogP contribution in [0.4, 0.5) is 0 Å². The summed E-state index contributed by atoms with van der Waals surface area (Å²) in [6.07, 6.45) is 0. The molecule has 0 radical (unpaired) electrons. The van der Waals surface area contributed by atoms with Gasteiger partial charge in [-0.15, -0.1) is 0 Å². The highest BCUT2D eigenvalue weighted by atomic mass is 16.5. The van der Waals surface area contributed by atoms with E-state index in [1.54, 1.807) is 7.11 Å². The van der Waals surface area contributed by atoms with Crippen LogP contribution in [0.15, 0.2) is 23.2 Å². The Balaban J connectivity index is 2.90. The lowest BCUT2D eigenvalue weighted by Gasteiger charge is -2.22. The Kier molecular flexibility index (Phi) is 6.15. The van der Waals surface area contributed by atoms with E-state index in [2.05, 4.69) is 4.99 Å². The average Bonchev–Trinajstić information content (AvgIpc) is 2.39. The van der Waals surface area contributed by atoms with Crippen molar-refractivity contribution in [3.8, 4) is 11.5 Å². The van der Waals surface area contributed by atoms with Crippen molar-refractivity contribution in [1.82, 2.24) is 9.80 Å². The van der Waals surface area contributed by atoms with E-state index in [0.29, 0.717) is 13.2 Å². The smallest absolute Gasteiger partial charge is 0.195 e. The molecule has 0 fully saturated rings. The summed E-state index contributed by atoms with van der Waals surface area (Å²) in [5.41, 5.74) is 1.09. The summed E-state index contributed by atoms with van der Waals surface area (Å²) in [6, 6.07) is 5.91. The van der Waals surface area contributed by atoms with Crippen LogP contribution in [0.5, 0.6) is 11.5 Å². The molecule has 0 heterocycles. The minimum atomic E-state index is 0.606. The molecule has 0 saturated heterocycles. The predicted octanol–water partition coefficient (Wildman–Crippen LogP) is 2.07. The van der Waals surface area contributed by atoms with Crippen molar-refractivity contribution in [3.05, 3.63) is 23.8 Å². The van der Waals surface area contributed by atoms with Gasteiger partial charge >= 0.3 is 0 Å². The molecular weight excluding hydrogens is 254 g/mol. The number of nitrogens with zero attached hydrogens (tertiary/aromatic N) is 3. The number of methoxy groups -OCH3 is 1. The monoisotopic (exact) mass is 279 g/mol. The van der Waals surface area contributed by atoms with Crippen LogP contribution in [0.3, 0.4) is 0 Å². The summed E-state index contributed by atoms with van der Waals surface area (Å²) >= 11 is 0. The van der Waals surface area contributed by atoms with E-state index >= 15 is 0 Å². The molecule has 0 unspecified atom stereocenters. The summed E-state index contributed by atoms with van der Waals surface area (Å²) in [7, 11) is 9.58. The molecule has 0 aliphatic rings. The molecule has 20 heavy (non-hydrogen) atoms. The number of hydrogen-bond donors (Lipinski definition) is 0. The molecule has 1 rings (SSSR count). The Morgan fingerprint density at radius 1 is 1.10 bits per heavy atom. The molecular formula is C15H25N3O2. The van der Waals surface area contributed by atoms with Crippen molar-refractivity contribution in [1.29, 1.82) is 0 Å². The number of aliphatic imine (C=N–C) groups is 1. The van der Waals surface area contributed by atoms with E-state index in [1.165, 1.54) is 0 Å². The lowest BCUT2D eigenvalue weighted by molar-refractivity contribution is 0.310. The van der Waals surface area contributed by atoms with Crippen LogP contribution in [0.25, 0.3) is 0 Å². The Morgan fingerprint density at radius 2 is 1.75 bits per heavy atom. The second-order valence-corrected chi connectivity index (χ2v) is 4.82. The summed E-state index contributed by atoms with van der Waals surface area (Å²) in [5.74, 6) is 2.44. The Labute approximate surface area is 121 Å². The highest BCUT2D eigenvalue weighted by Gasteiger charge is 2.07. The minimum Gasteiger partial charge on any atom is -0.493 e. The molecule has 0 N–H and O–H groups in total. The number of benzene rings is 1. The molecule has 112 valence electrons. The van der Waals surface area contributed by atoms with Gasteiger partial charge in [0.25, 0.3) is 0 Å². The average molecular weight is 279 g/mol. The van der Waals surface area contributed by atoms with Crippen molar-refractivity contribution < 1.29 is 9.47 Å². The Bertz CT molecular complexity index is 446. The fourth-order valence-electron chi connectivity index (χ4n) is 1.93. The Hall–Kier alpha value is -1.91. The first-order valence-electron chi connectivity index (χ1n) is 6.68. The van der Waals surface area contributed by atoms with Gasteiger partial charge in [0.1, 0.15) is 0 Å². The van der Waals surface area contributed by atoms with Crippen molar-refractivity contribution in [2.75, 3.05) is 41.9 Å². The molecule has 0 saturated carbocycles. The summed E-state index contributed by atoms with van der Waals surface area (Å²) in [6.45, 7) is 3.19. The number of hydrogen-bond acceptors (Lipinski definition) is 3. The molecule has 0 amide bonds. The van der Waals surface area contributed by atoms with Crippen molar-refractivity contribution in [3.63, 3.8) is 0 Å². The van der Waals surface area contributed by atoms with Gasteiger partial charge in [-0.05, 0) is 24.6 Å². The third kappa shape index (κ3) is 4.33. The lowest BCUT2D eigenvalue weighted by Crippen LogP contribution is -2.35. The van der Waals surface area contributed by atoms with Crippen LogP contribution in [0, 0.1) is 0 Å². The normalized spacial score (nSPS) is 9.90. The number of rotatable bonds is 5. The zero-order valence-electron chi connectivity index (χ0n) is 13.3. The summed E-state index contributed by atoms with van der Waals surface area (Å²) in [4.78, 5) is 8.60. The van der Waals surface area contributed by atoms with Gasteiger partial charge in [-0.1, -0.05) is 6.07 Å². The molecule has 0 aliphatic heterocycles. The van der Waals surface area contributed by atoms with Crippen LogP contribution in [-0.2, 0) is 6.54 Å². The first kappa shape index (κ1) is 16.1. The van der Waals surface area contributed by atoms with E-state index in [4.69, 9.17) is 9.47 Å². The fourth-order valence-corrected chi connectivity index (χ4v) is 1.93. The molecule has 1 aromatic carbocycles. The summed E-state index contributed by atoms with van der Waals surface area (Å²) in [5, 5.41) is 0. The van der Waals surface area contributed by atoms with Gasteiger partial charge < -0.3 is 19.3 Å².